The highest BCUT2D eigenvalue weighted by atomic mass is 32.2. The molecular weight excluding hydrogens is 290 g/mol. The Kier molecular flexibility index (Phi) is 5.00. The molecule has 0 radical (unpaired) electrons. The zero-order valence-corrected chi connectivity index (χ0v) is 13.2. The molecular formula is C13H21N5O2S. The summed E-state index contributed by atoms with van der Waals surface area (Å²) < 4.78 is 24.1. The van der Waals surface area contributed by atoms with Gasteiger partial charge in [0.05, 0.1) is 11.9 Å². The topological polar surface area (TPSA) is 88.4 Å². The molecule has 0 unspecified atom stereocenters. The lowest BCUT2D eigenvalue weighted by Crippen LogP contribution is -2.12. The first kappa shape index (κ1) is 15.6. The fraction of sp³-hybridized carbons (Fsp3) is 0.538. The van der Waals surface area contributed by atoms with E-state index < -0.39 is 9.84 Å². The van der Waals surface area contributed by atoms with E-state index in [0.29, 0.717) is 18.8 Å². The van der Waals surface area contributed by atoms with Crippen LogP contribution in [-0.2, 0) is 9.84 Å². The van der Waals surface area contributed by atoms with Crippen LogP contribution in [0, 0.1) is 0 Å². The molecule has 2 aromatic rings. The summed E-state index contributed by atoms with van der Waals surface area (Å²) in [5, 5.41) is 6.40. The van der Waals surface area contributed by atoms with E-state index in [4.69, 9.17) is 0 Å². The van der Waals surface area contributed by atoms with Crippen LogP contribution in [0.4, 0.5) is 11.6 Å². The summed E-state index contributed by atoms with van der Waals surface area (Å²) in [7, 11) is -2.92. The third-order valence-electron chi connectivity index (χ3n) is 2.91. The van der Waals surface area contributed by atoms with E-state index in [1.165, 1.54) is 6.26 Å². The second-order valence-corrected chi connectivity index (χ2v) is 7.23. The number of hydrogen-bond donors (Lipinski definition) is 2. The Bertz CT molecular complexity index is 696. The van der Waals surface area contributed by atoms with Crippen molar-refractivity contribution >= 4 is 27.1 Å². The van der Waals surface area contributed by atoms with Crippen molar-refractivity contribution in [1.82, 2.24) is 14.4 Å². The minimum absolute atomic E-state index is 0.165. The van der Waals surface area contributed by atoms with Crippen molar-refractivity contribution in [3.8, 4) is 0 Å². The maximum Gasteiger partial charge on any atom is 0.180 e. The molecule has 0 saturated heterocycles. The number of rotatable bonds is 8. The third kappa shape index (κ3) is 4.59. The third-order valence-corrected chi connectivity index (χ3v) is 3.94. The number of nitrogens with zero attached hydrogens (tertiary/aromatic N) is 3. The number of fused-ring (bicyclic) bond motifs is 1. The molecule has 0 atom stereocenters. The largest absolute Gasteiger partial charge is 0.369 e. The molecule has 0 amide bonds. The van der Waals surface area contributed by atoms with Gasteiger partial charge in [-0.25, -0.2) is 18.4 Å². The van der Waals surface area contributed by atoms with Gasteiger partial charge in [0, 0.05) is 31.7 Å². The lowest BCUT2D eigenvalue weighted by atomic mass is 10.4. The van der Waals surface area contributed by atoms with E-state index in [2.05, 4.69) is 27.5 Å². The highest BCUT2D eigenvalue weighted by molar-refractivity contribution is 7.90. The molecule has 0 fully saturated rings. The number of imidazole rings is 1. The van der Waals surface area contributed by atoms with Crippen molar-refractivity contribution in [3.05, 3.63) is 18.6 Å². The maximum absolute atomic E-state index is 11.1. The predicted molar refractivity (Wildman–Crippen MR) is 84.6 cm³/mol. The van der Waals surface area contributed by atoms with Gasteiger partial charge >= 0.3 is 0 Å². The number of nitrogens with one attached hydrogen (secondary N) is 2. The summed E-state index contributed by atoms with van der Waals surface area (Å²) in [6, 6.07) is 0. The maximum atomic E-state index is 11.1. The summed E-state index contributed by atoms with van der Waals surface area (Å²) in [5.41, 5.74) is 0.733. The van der Waals surface area contributed by atoms with Crippen LogP contribution >= 0.6 is 0 Å². The van der Waals surface area contributed by atoms with Gasteiger partial charge in [0.25, 0.3) is 0 Å². The van der Waals surface area contributed by atoms with Crippen LogP contribution in [0.3, 0.4) is 0 Å². The number of aromatic nitrogens is 3. The van der Waals surface area contributed by atoms with Crippen LogP contribution in [0.2, 0.25) is 0 Å². The second kappa shape index (κ2) is 6.75. The first-order valence-electron chi connectivity index (χ1n) is 6.99. The Morgan fingerprint density at radius 2 is 2.10 bits per heavy atom. The van der Waals surface area contributed by atoms with E-state index in [-0.39, 0.29) is 5.75 Å². The van der Waals surface area contributed by atoms with Gasteiger partial charge in [-0.15, -0.1) is 0 Å². The molecule has 0 bridgehead atoms. The molecule has 0 aliphatic carbocycles. The first-order chi connectivity index (χ1) is 9.99. The summed E-state index contributed by atoms with van der Waals surface area (Å²) in [4.78, 5) is 8.75. The summed E-state index contributed by atoms with van der Waals surface area (Å²) in [6.45, 7) is 3.48. The van der Waals surface area contributed by atoms with Crippen LogP contribution in [0.25, 0.3) is 5.65 Å². The Morgan fingerprint density at radius 3 is 2.81 bits per heavy atom. The SMILES string of the molecule is CCCNc1cn2ccnc2c(NCCCS(C)(=O)=O)n1. The van der Waals surface area contributed by atoms with Gasteiger partial charge in [-0.3, -0.25) is 0 Å². The fourth-order valence-electron chi connectivity index (χ4n) is 1.93. The second-order valence-electron chi connectivity index (χ2n) is 4.97. The molecule has 116 valence electrons. The minimum atomic E-state index is -2.92. The molecule has 2 heterocycles. The minimum Gasteiger partial charge on any atom is -0.369 e. The van der Waals surface area contributed by atoms with Gasteiger partial charge in [-0.2, -0.15) is 0 Å². The number of sulfone groups is 1. The Morgan fingerprint density at radius 1 is 1.29 bits per heavy atom. The Labute approximate surface area is 124 Å². The molecule has 8 heteroatoms. The summed E-state index contributed by atoms with van der Waals surface area (Å²) >= 11 is 0. The lowest BCUT2D eigenvalue weighted by molar-refractivity contribution is 0.600. The summed E-state index contributed by atoms with van der Waals surface area (Å²) in [6.07, 6.45) is 8.26. The molecule has 21 heavy (non-hydrogen) atoms. The highest BCUT2D eigenvalue weighted by Gasteiger charge is 2.08. The van der Waals surface area contributed by atoms with E-state index in [1.807, 2.05) is 16.8 Å². The van der Waals surface area contributed by atoms with Crippen molar-refractivity contribution in [1.29, 1.82) is 0 Å². The Hall–Kier alpha value is -1.83. The zero-order valence-electron chi connectivity index (χ0n) is 12.3. The first-order valence-corrected chi connectivity index (χ1v) is 9.05. The molecule has 2 aromatic heterocycles. The monoisotopic (exact) mass is 311 g/mol. The van der Waals surface area contributed by atoms with E-state index in [9.17, 15) is 8.42 Å². The fourth-order valence-corrected chi connectivity index (χ4v) is 2.60. The molecule has 0 aliphatic heterocycles. The number of hydrogen-bond acceptors (Lipinski definition) is 6. The average Bonchev–Trinajstić information content (AvgIpc) is 2.88. The molecule has 2 rings (SSSR count). The van der Waals surface area contributed by atoms with Crippen molar-refractivity contribution < 1.29 is 8.42 Å². The van der Waals surface area contributed by atoms with Crippen molar-refractivity contribution in [2.75, 3.05) is 35.7 Å². The molecule has 7 nitrogen and oxygen atoms in total. The normalized spacial score (nSPS) is 11.7. The van der Waals surface area contributed by atoms with E-state index in [0.717, 1.165) is 24.4 Å². The Balaban J connectivity index is 2.08. The van der Waals surface area contributed by atoms with Gasteiger partial charge in [-0.05, 0) is 12.8 Å². The van der Waals surface area contributed by atoms with Gasteiger partial charge < -0.3 is 15.0 Å². The summed E-state index contributed by atoms with van der Waals surface area (Å²) in [5.74, 6) is 1.60. The van der Waals surface area contributed by atoms with E-state index >= 15 is 0 Å². The lowest BCUT2D eigenvalue weighted by Gasteiger charge is -2.10. The van der Waals surface area contributed by atoms with Crippen molar-refractivity contribution in [2.24, 2.45) is 0 Å². The molecule has 0 spiro atoms. The number of anilines is 2. The smallest absolute Gasteiger partial charge is 0.180 e. The van der Waals surface area contributed by atoms with E-state index in [1.54, 1.807) is 6.20 Å². The average molecular weight is 311 g/mol. The molecule has 0 aromatic carbocycles. The van der Waals surface area contributed by atoms with Gasteiger partial charge in [0.2, 0.25) is 0 Å². The van der Waals surface area contributed by atoms with Gasteiger partial charge in [0.1, 0.15) is 15.7 Å². The van der Waals surface area contributed by atoms with Crippen LogP contribution in [-0.4, -0.2) is 47.9 Å². The molecule has 0 aliphatic rings. The predicted octanol–water partition coefficient (Wildman–Crippen LogP) is 1.40. The van der Waals surface area contributed by atoms with Gasteiger partial charge in [0.15, 0.2) is 11.5 Å². The quantitative estimate of drug-likeness (QED) is 0.716. The highest BCUT2D eigenvalue weighted by Crippen LogP contribution is 2.16. The van der Waals surface area contributed by atoms with Crippen LogP contribution in [0.1, 0.15) is 19.8 Å². The van der Waals surface area contributed by atoms with Gasteiger partial charge in [-0.1, -0.05) is 6.92 Å². The zero-order chi connectivity index (χ0) is 15.3. The van der Waals surface area contributed by atoms with Crippen LogP contribution in [0.5, 0.6) is 0 Å². The van der Waals surface area contributed by atoms with Crippen molar-refractivity contribution in [2.45, 2.75) is 19.8 Å². The van der Waals surface area contributed by atoms with Crippen LogP contribution < -0.4 is 10.6 Å². The molecule has 2 N–H and O–H groups in total. The standard InChI is InChI=1S/C13H21N5O2S/c1-3-5-14-11-10-18-8-7-16-13(18)12(17-11)15-6-4-9-21(2,19)20/h7-8,10,14H,3-6,9H2,1-2H3,(H,15,17). The molecule has 0 saturated carbocycles. The van der Waals surface area contributed by atoms with Crippen molar-refractivity contribution in [3.63, 3.8) is 0 Å². The van der Waals surface area contributed by atoms with Crippen LogP contribution in [0.15, 0.2) is 18.6 Å².